The van der Waals surface area contributed by atoms with E-state index >= 15 is 0 Å². The van der Waals surface area contributed by atoms with Gasteiger partial charge >= 0.3 is 6.09 Å². The van der Waals surface area contributed by atoms with Crippen LogP contribution in [0.5, 0.6) is 5.88 Å². The second-order valence-corrected chi connectivity index (χ2v) is 8.21. The summed E-state index contributed by atoms with van der Waals surface area (Å²) in [6.45, 7) is 2.04. The molecule has 5 rings (SSSR count). The van der Waals surface area contributed by atoms with E-state index in [0.717, 1.165) is 43.6 Å². The number of carbonyl (C=O) groups is 1. The quantitative estimate of drug-likeness (QED) is 0.675. The van der Waals surface area contributed by atoms with Crippen LogP contribution in [0.25, 0.3) is 5.65 Å². The Balaban J connectivity index is 1.56. The Morgan fingerprint density at radius 2 is 2.07 bits per heavy atom. The standard InChI is InChI=1S/C22H25N5O3/c1-25-10-9-17(14-25)30-20-11-18(21-23-12-19(16-7-8-16)27(21)24-20)26(22(28)29)13-15-5-3-2-4-6-15/h2-6,11-12,16-17H,7-10,13-14H2,1H3,(H,28,29)/t17-/m1/s1. The Morgan fingerprint density at radius 3 is 2.73 bits per heavy atom. The fourth-order valence-electron chi connectivity index (χ4n) is 4.04. The number of hydrogen-bond donors (Lipinski definition) is 1. The Kier molecular flexibility index (Phi) is 4.78. The van der Waals surface area contributed by atoms with E-state index in [1.54, 1.807) is 10.6 Å². The van der Waals surface area contributed by atoms with Gasteiger partial charge in [-0.2, -0.15) is 0 Å². The third-order valence-electron chi connectivity index (χ3n) is 5.79. The van der Waals surface area contributed by atoms with Crippen molar-refractivity contribution >= 4 is 17.4 Å². The first-order valence-corrected chi connectivity index (χ1v) is 10.4. The molecular weight excluding hydrogens is 382 g/mol. The van der Waals surface area contributed by atoms with Crippen molar-refractivity contribution in [3.05, 3.63) is 53.9 Å². The van der Waals surface area contributed by atoms with E-state index < -0.39 is 6.09 Å². The minimum Gasteiger partial charge on any atom is -0.472 e. The monoisotopic (exact) mass is 407 g/mol. The second kappa shape index (κ2) is 7.60. The molecule has 1 saturated carbocycles. The highest BCUT2D eigenvalue weighted by Crippen LogP contribution is 2.41. The average Bonchev–Trinajstić information content (AvgIpc) is 3.36. The van der Waals surface area contributed by atoms with Gasteiger partial charge in [-0.15, -0.1) is 5.10 Å². The SMILES string of the molecule is CN1CC[C@@H](Oc2cc(N(Cc3ccccc3)C(=O)O)c3ncc(C4CC4)n3n2)C1. The predicted octanol–water partition coefficient (Wildman–Crippen LogP) is 3.37. The summed E-state index contributed by atoms with van der Waals surface area (Å²) in [5.41, 5.74) is 2.97. The fraction of sp³-hybridized carbons (Fsp3) is 0.409. The van der Waals surface area contributed by atoms with Crippen molar-refractivity contribution in [2.24, 2.45) is 0 Å². The lowest BCUT2D eigenvalue weighted by molar-refractivity contribution is 0.196. The van der Waals surface area contributed by atoms with Crippen LogP contribution < -0.4 is 9.64 Å². The lowest BCUT2D eigenvalue weighted by Crippen LogP contribution is -2.29. The molecule has 156 valence electrons. The van der Waals surface area contributed by atoms with Gasteiger partial charge in [0.15, 0.2) is 5.65 Å². The van der Waals surface area contributed by atoms with Crippen molar-refractivity contribution < 1.29 is 14.6 Å². The van der Waals surface area contributed by atoms with Crippen molar-refractivity contribution in [3.8, 4) is 5.88 Å². The molecule has 1 aromatic carbocycles. The molecule has 0 unspecified atom stereocenters. The Labute approximate surface area is 174 Å². The van der Waals surface area contributed by atoms with Gasteiger partial charge in [-0.1, -0.05) is 30.3 Å². The molecule has 8 heteroatoms. The van der Waals surface area contributed by atoms with Gasteiger partial charge in [0.25, 0.3) is 0 Å². The number of aromatic nitrogens is 3. The molecule has 2 fully saturated rings. The molecule has 3 heterocycles. The number of anilines is 1. The van der Waals surface area contributed by atoms with E-state index in [-0.39, 0.29) is 12.6 Å². The molecule has 2 aromatic heterocycles. The third-order valence-corrected chi connectivity index (χ3v) is 5.79. The number of imidazole rings is 1. The van der Waals surface area contributed by atoms with Crippen LogP contribution in [-0.4, -0.2) is 56.9 Å². The maximum Gasteiger partial charge on any atom is 0.412 e. The van der Waals surface area contributed by atoms with Gasteiger partial charge < -0.3 is 14.7 Å². The van der Waals surface area contributed by atoms with E-state index in [4.69, 9.17) is 4.74 Å². The van der Waals surface area contributed by atoms with Gasteiger partial charge in [-0.3, -0.25) is 4.90 Å². The van der Waals surface area contributed by atoms with Crippen LogP contribution in [0.1, 0.15) is 36.4 Å². The fourth-order valence-corrected chi connectivity index (χ4v) is 4.04. The lowest BCUT2D eigenvalue weighted by atomic mass is 10.2. The first-order valence-electron chi connectivity index (χ1n) is 10.4. The van der Waals surface area contributed by atoms with E-state index in [1.165, 1.54) is 4.90 Å². The van der Waals surface area contributed by atoms with Crippen LogP contribution in [-0.2, 0) is 6.54 Å². The highest BCUT2D eigenvalue weighted by Gasteiger charge is 2.30. The lowest BCUT2D eigenvalue weighted by Gasteiger charge is -2.21. The van der Waals surface area contributed by atoms with Crippen molar-refractivity contribution in [1.29, 1.82) is 0 Å². The maximum absolute atomic E-state index is 12.2. The Hall–Kier alpha value is -3.13. The van der Waals surface area contributed by atoms with Crippen molar-refractivity contribution in [1.82, 2.24) is 19.5 Å². The molecular formula is C22H25N5O3. The molecule has 1 aliphatic heterocycles. The summed E-state index contributed by atoms with van der Waals surface area (Å²) >= 11 is 0. The van der Waals surface area contributed by atoms with Crippen molar-refractivity contribution in [2.75, 3.05) is 25.0 Å². The zero-order valence-electron chi connectivity index (χ0n) is 16.9. The number of likely N-dealkylation sites (tertiary alicyclic amines) is 1. The molecule has 8 nitrogen and oxygen atoms in total. The summed E-state index contributed by atoms with van der Waals surface area (Å²) in [4.78, 5) is 20.3. The zero-order chi connectivity index (χ0) is 20.7. The number of benzene rings is 1. The van der Waals surface area contributed by atoms with Crippen LogP contribution in [0.2, 0.25) is 0 Å². The molecule has 1 aliphatic carbocycles. The smallest absolute Gasteiger partial charge is 0.412 e. The number of fused-ring (bicyclic) bond motifs is 1. The van der Waals surface area contributed by atoms with Crippen LogP contribution >= 0.6 is 0 Å². The number of carboxylic acid groups (broad SMARTS) is 1. The van der Waals surface area contributed by atoms with Crippen LogP contribution in [0.3, 0.4) is 0 Å². The molecule has 3 aromatic rings. The van der Waals surface area contributed by atoms with Gasteiger partial charge in [0, 0.05) is 25.1 Å². The van der Waals surface area contributed by atoms with Gasteiger partial charge in [-0.25, -0.2) is 14.3 Å². The van der Waals surface area contributed by atoms with E-state index in [1.807, 2.05) is 36.5 Å². The minimum atomic E-state index is -1.03. The number of likely N-dealkylation sites (N-methyl/N-ethyl adjacent to an activating group) is 1. The summed E-state index contributed by atoms with van der Waals surface area (Å²) < 4.78 is 7.96. The minimum absolute atomic E-state index is 0.0492. The van der Waals surface area contributed by atoms with Gasteiger partial charge in [0.05, 0.1) is 24.1 Å². The summed E-state index contributed by atoms with van der Waals surface area (Å²) in [6.07, 6.45) is 3.98. The van der Waals surface area contributed by atoms with Gasteiger partial charge in [-0.05, 0) is 31.9 Å². The first-order chi connectivity index (χ1) is 14.6. The molecule has 1 saturated heterocycles. The van der Waals surface area contributed by atoms with E-state index in [2.05, 4.69) is 22.0 Å². The maximum atomic E-state index is 12.2. The number of nitrogens with zero attached hydrogens (tertiary/aromatic N) is 5. The average molecular weight is 407 g/mol. The normalized spacial score (nSPS) is 19.3. The van der Waals surface area contributed by atoms with E-state index in [9.17, 15) is 9.90 Å². The molecule has 0 radical (unpaired) electrons. The Bertz CT molecular complexity index is 1060. The van der Waals surface area contributed by atoms with Gasteiger partial charge in [0.2, 0.25) is 5.88 Å². The highest BCUT2D eigenvalue weighted by atomic mass is 16.5. The van der Waals surface area contributed by atoms with E-state index in [0.29, 0.717) is 23.1 Å². The summed E-state index contributed by atoms with van der Waals surface area (Å²) in [5.74, 6) is 0.873. The molecule has 2 aliphatic rings. The molecule has 0 spiro atoms. The predicted molar refractivity (Wildman–Crippen MR) is 112 cm³/mol. The molecule has 1 atom stereocenters. The van der Waals surface area contributed by atoms with Crippen LogP contribution in [0, 0.1) is 0 Å². The van der Waals surface area contributed by atoms with Crippen molar-refractivity contribution in [3.63, 3.8) is 0 Å². The summed E-state index contributed by atoms with van der Waals surface area (Å²) in [6, 6.07) is 11.3. The molecule has 30 heavy (non-hydrogen) atoms. The highest BCUT2D eigenvalue weighted by molar-refractivity contribution is 5.91. The zero-order valence-corrected chi connectivity index (χ0v) is 16.9. The second-order valence-electron chi connectivity index (χ2n) is 8.21. The van der Waals surface area contributed by atoms with Crippen LogP contribution in [0.4, 0.5) is 10.5 Å². The first kappa shape index (κ1) is 18.9. The number of rotatable bonds is 6. The molecule has 1 N–H and O–H groups in total. The van der Waals surface area contributed by atoms with Gasteiger partial charge in [0.1, 0.15) is 6.10 Å². The largest absolute Gasteiger partial charge is 0.472 e. The van der Waals surface area contributed by atoms with Crippen molar-refractivity contribution in [2.45, 2.75) is 37.8 Å². The third kappa shape index (κ3) is 3.70. The Morgan fingerprint density at radius 1 is 1.27 bits per heavy atom. The van der Waals surface area contributed by atoms with Crippen LogP contribution in [0.15, 0.2) is 42.6 Å². The number of ether oxygens (including phenoxy) is 1. The number of hydrogen-bond acceptors (Lipinski definition) is 5. The summed E-state index contributed by atoms with van der Waals surface area (Å²) in [7, 11) is 2.07. The molecule has 0 bridgehead atoms. The summed E-state index contributed by atoms with van der Waals surface area (Å²) in [5, 5.41) is 14.7. The number of amides is 1. The topological polar surface area (TPSA) is 83.2 Å². The molecule has 1 amide bonds.